The molecule has 6 nitrogen and oxygen atoms in total. The van der Waals surface area contributed by atoms with Crippen LogP contribution in [-0.2, 0) is 9.59 Å². The Kier molecular flexibility index (Phi) is 5.51. The molecular formula is C25H20FN3O3S. The summed E-state index contributed by atoms with van der Waals surface area (Å²) in [5.41, 5.74) is 2.38. The standard InChI is InChI=1S/C25H20FN3O3S/c26-18-5-9-20(10-6-18)29-23(30)16-21(25(29)32)28-13-11-27(12-14-28)19-7-3-17(4-8-19)24(31)22-2-1-15-33-22/h1-10,15-16H,11-14H2. The third kappa shape index (κ3) is 4.05. The maximum atomic E-state index is 13.2. The van der Waals surface area contributed by atoms with Crippen LogP contribution >= 0.6 is 11.3 Å². The highest BCUT2D eigenvalue weighted by atomic mass is 32.1. The van der Waals surface area contributed by atoms with Crippen molar-refractivity contribution in [3.63, 3.8) is 0 Å². The van der Waals surface area contributed by atoms with Crippen LogP contribution in [0.4, 0.5) is 15.8 Å². The van der Waals surface area contributed by atoms with E-state index in [1.807, 2.05) is 46.7 Å². The summed E-state index contributed by atoms with van der Waals surface area (Å²) in [6.45, 7) is 2.51. The molecule has 0 saturated carbocycles. The van der Waals surface area contributed by atoms with Gasteiger partial charge in [-0.2, -0.15) is 0 Å². The third-order valence-corrected chi connectivity index (χ3v) is 6.72. The van der Waals surface area contributed by atoms with Gasteiger partial charge in [-0.05, 0) is 60.0 Å². The molecule has 1 fully saturated rings. The van der Waals surface area contributed by atoms with E-state index in [1.54, 1.807) is 0 Å². The van der Waals surface area contributed by atoms with Crippen LogP contribution in [0.15, 0.2) is 77.8 Å². The molecular weight excluding hydrogens is 441 g/mol. The van der Waals surface area contributed by atoms with Crippen LogP contribution in [0.25, 0.3) is 0 Å². The largest absolute Gasteiger partial charge is 0.368 e. The zero-order chi connectivity index (χ0) is 22.9. The Hall–Kier alpha value is -3.78. The van der Waals surface area contributed by atoms with Gasteiger partial charge in [0.25, 0.3) is 11.8 Å². The van der Waals surface area contributed by atoms with E-state index in [0.29, 0.717) is 43.1 Å². The van der Waals surface area contributed by atoms with Crippen molar-refractivity contribution in [2.75, 3.05) is 36.0 Å². The van der Waals surface area contributed by atoms with E-state index in [4.69, 9.17) is 0 Å². The number of nitrogens with zero attached hydrogens (tertiary/aromatic N) is 3. The summed E-state index contributed by atoms with van der Waals surface area (Å²) in [7, 11) is 0. The highest BCUT2D eigenvalue weighted by Gasteiger charge is 2.36. The quantitative estimate of drug-likeness (QED) is 0.428. The molecule has 1 aromatic heterocycles. The van der Waals surface area contributed by atoms with Crippen LogP contribution in [0.3, 0.4) is 0 Å². The fourth-order valence-electron chi connectivity index (χ4n) is 4.10. The molecule has 5 rings (SSSR count). The van der Waals surface area contributed by atoms with Gasteiger partial charge in [-0.15, -0.1) is 11.3 Å². The van der Waals surface area contributed by atoms with Crippen LogP contribution < -0.4 is 9.80 Å². The lowest BCUT2D eigenvalue weighted by Gasteiger charge is -2.37. The summed E-state index contributed by atoms with van der Waals surface area (Å²) in [5.74, 6) is -1.22. The molecule has 0 aliphatic carbocycles. The van der Waals surface area contributed by atoms with Gasteiger partial charge >= 0.3 is 0 Å². The molecule has 1 saturated heterocycles. The molecule has 3 aromatic rings. The number of carbonyl (C=O) groups is 3. The number of thiophene rings is 1. The minimum absolute atomic E-state index is 0.0171. The number of hydrogen-bond acceptors (Lipinski definition) is 6. The highest BCUT2D eigenvalue weighted by molar-refractivity contribution is 7.12. The lowest BCUT2D eigenvalue weighted by atomic mass is 10.1. The Morgan fingerprint density at radius 1 is 0.818 bits per heavy atom. The van der Waals surface area contributed by atoms with Crippen molar-refractivity contribution < 1.29 is 18.8 Å². The molecule has 2 aromatic carbocycles. The van der Waals surface area contributed by atoms with Gasteiger partial charge in [0, 0.05) is 43.5 Å². The predicted octanol–water partition coefficient (Wildman–Crippen LogP) is 3.70. The first-order valence-electron chi connectivity index (χ1n) is 10.5. The van der Waals surface area contributed by atoms with E-state index in [-0.39, 0.29) is 5.78 Å². The topological polar surface area (TPSA) is 60.9 Å². The van der Waals surface area contributed by atoms with Crippen molar-refractivity contribution in [2.45, 2.75) is 0 Å². The Morgan fingerprint density at radius 2 is 1.45 bits per heavy atom. The molecule has 2 aliphatic heterocycles. The number of imide groups is 1. The molecule has 0 radical (unpaired) electrons. The number of carbonyl (C=O) groups excluding carboxylic acids is 3. The summed E-state index contributed by atoms with van der Waals surface area (Å²) < 4.78 is 13.2. The number of halogens is 1. The van der Waals surface area contributed by atoms with Crippen molar-refractivity contribution in [2.24, 2.45) is 0 Å². The maximum absolute atomic E-state index is 13.2. The molecule has 0 spiro atoms. The SMILES string of the molecule is O=C(c1ccc(N2CCN(C3=CC(=O)N(c4ccc(F)cc4)C3=O)CC2)cc1)c1cccs1. The van der Waals surface area contributed by atoms with Gasteiger partial charge in [-0.3, -0.25) is 14.4 Å². The van der Waals surface area contributed by atoms with Crippen LogP contribution in [0.1, 0.15) is 15.2 Å². The molecule has 166 valence electrons. The summed E-state index contributed by atoms with van der Waals surface area (Å²) in [6, 6.07) is 16.5. The molecule has 3 heterocycles. The number of ketones is 1. The fourth-order valence-corrected chi connectivity index (χ4v) is 4.78. The van der Waals surface area contributed by atoms with Gasteiger partial charge in [0.15, 0.2) is 0 Å². The summed E-state index contributed by atoms with van der Waals surface area (Å²) >= 11 is 1.43. The molecule has 2 aliphatic rings. The molecule has 0 atom stereocenters. The summed E-state index contributed by atoms with van der Waals surface area (Å²) in [5, 5.41) is 1.89. The van der Waals surface area contributed by atoms with Gasteiger partial charge in [0.2, 0.25) is 5.78 Å². The number of rotatable bonds is 5. The molecule has 0 unspecified atom stereocenters. The Balaban J connectivity index is 1.23. The Morgan fingerprint density at radius 3 is 2.09 bits per heavy atom. The third-order valence-electron chi connectivity index (χ3n) is 5.85. The smallest absolute Gasteiger partial charge is 0.281 e. The second kappa shape index (κ2) is 8.63. The normalized spacial score (nSPS) is 16.4. The number of benzene rings is 2. The zero-order valence-electron chi connectivity index (χ0n) is 17.6. The van der Waals surface area contributed by atoms with Crippen LogP contribution in [0, 0.1) is 5.82 Å². The van der Waals surface area contributed by atoms with E-state index in [2.05, 4.69) is 4.90 Å². The first-order chi connectivity index (χ1) is 16.0. The van der Waals surface area contributed by atoms with Gasteiger partial charge in [-0.25, -0.2) is 9.29 Å². The molecule has 0 bridgehead atoms. The van der Waals surface area contributed by atoms with Crippen LogP contribution in [0.5, 0.6) is 0 Å². The van der Waals surface area contributed by atoms with E-state index in [9.17, 15) is 18.8 Å². The number of hydrogen-bond donors (Lipinski definition) is 0. The molecule has 0 N–H and O–H groups in total. The lowest BCUT2D eigenvalue weighted by molar-refractivity contribution is -0.121. The van der Waals surface area contributed by atoms with Gasteiger partial charge in [-0.1, -0.05) is 6.07 Å². The van der Waals surface area contributed by atoms with Crippen LogP contribution in [0.2, 0.25) is 0 Å². The Labute approximate surface area is 194 Å². The van der Waals surface area contributed by atoms with Crippen LogP contribution in [-0.4, -0.2) is 48.7 Å². The minimum Gasteiger partial charge on any atom is -0.368 e. The fraction of sp³-hybridized carbons (Fsp3) is 0.160. The maximum Gasteiger partial charge on any atom is 0.281 e. The van der Waals surface area contributed by atoms with E-state index in [1.165, 1.54) is 41.7 Å². The second-order valence-corrected chi connectivity index (χ2v) is 8.76. The summed E-state index contributed by atoms with van der Waals surface area (Å²) in [6.07, 6.45) is 1.35. The minimum atomic E-state index is -0.425. The highest BCUT2D eigenvalue weighted by Crippen LogP contribution is 2.27. The number of anilines is 2. The van der Waals surface area contributed by atoms with E-state index >= 15 is 0 Å². The second-order valence-electron chi connectivity index (χ2n) is 7.81. The van der Waals surface area contributed by atoms with Gasteiger partial charge in [0.1, 0.15) is 11.5 Å². The first-order valence-corrected chi connectivity index (χ1v) is 11.4. The van der Waals surface area contributed by atoms with Crippen molar-refractivity contribution in [3.8, 4) is 0 Å². The van der Waals surface area contributed by atoms with E-state index in [0.717, 1.165) is 15.5 Å². The molecule has 2 amide bonds. The van der Waals surface area contributed by atoms with E-state index < -0.39 is 17.6 Å². The van der Waals surface area contributed by atoms with Crippen molar-refractivity contribution in [1.82, 2.24) is 4.90 Å². The van der Waals surface area contributed by atoms with Gasteiger partial charge in [0.05, 0.1) is 10.6 Å². The molecule has 8 heteroatoms. The average molecular weight is 462 g/mol. The van der Waals surface area contributed by atoms with Crippen molar-refractivity contribution in [1.29, 1.82) is 0 Å². The number of amides is 2. The Bertz CT molecular complexity index is 1230. The van der Waals surface area contributed by atoms with Gasteiger partial charge < -0.3 is 9.80 Å². The predicted molar refractivity (Wildman–Crippen MR) is 125 cm³/mol. The zero-order valence-corrected chi connectivity index (χ0v) is 18.4. The average Bonchev–Trinajstić information content (AvgIpc) is 3.48. The number of piperazine rings is 1. The molecule has 33 heavy (non-hydrogen) atoms. The first kappa shape index (κ1) is 21.1. The monoisotopic (exact) mass is 461 g/mol. The lowest BCUT2D eigenvalue weighted by Crippen LogP contribution is -2.47. The van der Waals surface area contributed by atoms with Crippen molar-refractivity contribution >= 4 is 40.3 Å². The summed E-state index contributed by atoms with van der Waals surface area (Å²) in [4.78, 5) is 43.7. The van der Waals surface area contributed by atoms with Crippen molar-refractivity contribution in [3.05, 3.63) is 94.1 Å².